The number of carboxylic acids is 1. The lowest BCUT2D eigenvalue weighted by Gasteiger charge is -2.00. The second kappa shape index (κ2) is 7.50. The third-order valence-electron chi connectivity index (χ3n) is 1.30. The predicted octanol–water partition coefficient (Wildman–Crippen LogP) is -0.210. The van der Waals surface area contributed by atoms with Crippen molar-refractivity contribution in [2.75, 3.05) is 19.6 Å². The molecule has 0 bridgehead atoms. The van der Waals surface area contributed by atoms with Gasteiger partial charge in [0, 0.05) is 6.42 Å². The van der Waals surface area contributed by atoms with Crippen molar-refractivity contribution in [2.24, 2.45) is 5.73 Å². The minimum absolute atomic E-state index is 0.246. The summed E-state index contributed by atoms with van der Waals surface area (Å²) in [5.41, 5.74) is 5.26. The van der Waals surface area contributed by atoms with Crippen molar-refractivity contribution in [3.8, 4) is 0 Å². The Kier molecular flexibility index (Phi) is 7.08. The predicted molar refractivity (Wildman–Crippen MR) is 43.4 cm³/mol. The van der Waals surface area contributed by atoms with Gasteiger partial charge in [-0.1, -0.05) is 0 Å². The number of hydrogen-bond acceptors (Lipinski definition) is 3. The van der Waals surface area contributed by atoms with Crippen LogP contribution in [0.5, 0.6) is 0 Å². The molecular formula is C7H16N2O2. The number of rotatable bonds is 7. The Morgan fingerprint density at radius 2 is 2.00 bits per heavy atom. The first-order chi connectivity index (χ1) is 5.27. The molecule has 0 spiro atoms. The van der Waals surface area contributed by atoms with Crippen LogP contribution in [0.3, 0.4) is 0 Å². The van der Waals surface area contributed by atoms with Crippen molar-refractivity contribution in [2.45, 2.75) is 19.3 Å². The van der Waals surface area contributed by atoms with Crippen molar-refractivity contribution in [1.29, 1.82) is 0 Å². The number of hydrogen-bond donors (Lipinski definition) is 3. The molecule has 0 heterocycles. The number of nitrogens with two attached hydrogens (primary N) is 1. The summed E-state index contributed by atoms with van der Waals surface area (Å²) in [5.74, 6) is -0.731. The molecule has 11 heavy (non-hydrogen) atoms. The highest BCUT2D eigenvalue weighted by atomic mass is 16.4. The first-order valence-corrected chi connectivity index (χ1v) is 3.90. The standard InChI is InChI=1S/C7H16N2O2/c8-4-2-6-9-5-1-3-7(10)11/h9H,1-6,8H2,(H,10,11). The smallest absolute Gasteiger partial charge is 0.303 e. The van der Waals surface area contributed by atoms with E-state index in [1.165, 1.54) is 0 Å². The fourth-order valence-corrected chi connectivity index (χ4v) is 0.717. The lowest BCUT2D eigenvalue weighted by molar-refractivity contribution is -0.137. The summed E-state index contributed by atoms with van der Waals surface area (Å²) < 4.78 is 0. The van der Waals surface area contributed by atoms with Crippen LogP contribution in [0.15, 0.2) is 0 Å². The van der Waals surface area contributed by atoms with E-state index in [1.807, 2.05) is 0 Å². The van der Waals surface area contributed by atoms with Gasteiger partial charge in [-0.15, -0.1) is 0 Å². The van der Waals surface area contributed by atoms with Crippen LogP contribution in [0.25, 0.3) is 0 Å². The summed E-state index contributed by atoms with van der Waals surface area (Å²) in [4.78, 5) is 10.0. The van der Waals surface area contributed by atoms with Crippen LogP contribution >= 0.6 is 0 Å². The topological polar surface area (TPSA) is 75.3 Å². The molecule has 0 rings (SSSR count). The summed E-state index contributed by atoms with van der Waals surface area (Å²) in [6.07, 6.45) is 1.89. The van der Waals surface area contributed by atoms with Crippen molar-refractivity contribution in [3.63, 3.8) is 0 Å². The maximum absolute atomic E-state index is 10.0. The Bertz CT molecular complexity index is 107. The zero-order chi connectivity index (χ0) is 8.53. The highest BCUT2D eigenvalue weighted by Gasteiger charge is 1.94. The van der Waals surface area contributed by atoms with Crippen LogP contribution in [-0.4, -0.2) is 30.7 Å². The van der Waals surface area contributed by atoms with Gasteiger partial charge in [0.25, 0.3) is 0 Å². The van der Waals surface area contributed by atoms with E-state index in [2.05, 4.69) is 5.32 Å². The molecule has 0 amide bonds. The molecular weight excluding hydrogens is 144 g/mol. The van der Waals surface area contributed by atoms with E-state index in [4.69, 9.17) is 10.8 Å². The Hall–Kier alpha value is -0.610. The number of carboxylic acid groups (broad SMARTS) is 1. The van der Waals surface area contributed by atoms with Crippen molar-refractivity contribution >= 4 is 5.97 Å². The molecule has 4 heteroatoms. The van der Waals surface area contributed by atoms with Crippen LogP contribution in [0.1, 0.15) is 19.3 Å². The van der Waals surface area contributed by atoms with Gasteiger partial charge in [0.05, 0.1) is 0 Å². The molecule has 0 radical (unpaired) electrons. The average molecular weight is 160 g/mol. The minimum Gasteiger partial charge on any atom is -0.481 e. The summed E-state index contributed by atoms with van der Waals surface area (Å²) in [5, 5.41) is 11.4. The van der Waals surface area contributed by atoms with Gasteiger partial charge in [0.15, 0.2) is 0 Å². The highest BCUT2D eigenvalue weighted by molar-refractivity contribution is 5.66. The molecule has 0 atom stereocenters. The van der Waals surface area contributed by atoms with Crippen LogP contribution in [0.4, 0.5) is 0 Å². The maximum Gasteiger partial charge on any atom is 0.303 e. The molecule has 4 N–H and O–H groups in total. The molecule has 0 unspecified atom stereocenters. The van der Waals surface area contributed by atoms with Crippen LogP contribution < -0.4 is 11.1 Å². The van der Waals surface area contributed by atoms with Crippen LogP contribution in [0.2, 0.25) is 0 Å². The van der Waals surface area contributed by atoms with Crippen molar-refractivity contribution in [3.05, 3.63) is 0 Å². The fraction of sp³-hybridized carbons (Fsp3) is 0.857. The van der Waals surface area contributed by atoms with Crippen LogP contribution in [0, 0.1) is 0 Å². The van der Waals surface area contributed by atoms with Crippen molar-refractivity contribution < 1.29 is 9.90 Å². The van der Waals surface area contributed by atoms with E-state index in [-0.39, 0.29) is 6.42 Å². The molecule has 0 saturated heterocycles. The first kappa shape index (κ1) is 10.4. The van der Waals surface area contributed by atoms with E-state index in [0.717, 1.165) is 19.5 Å². The second-order valence-corrected chi connectivity index (χ2v) is 2.39. The quantitative estimate of drug-likeness (QED) is 0.450. The third-order valence-corrected chi connectivity index (χ3v) is 1.30. The van der Waals surface area contributed by atoms with Gasteiger partial charge in [-0.2, -0.15) is 0 Å². The summed E-state index contributed by atoms with van der Waals surface area (Å²) in [6.45, 7) is 2.34. The summed E-state index contributed by atoms with van der Waals surface area (Å²) >= 11 is 0. The van der Waals surface area contributed by atoms with Crippen molar-refractivity contribution in [1.82, 2.24) is 5.32 Å². The molecule has 0 fully saturated rings. The molecule has 0 aliphatic heterocycles. The summed E-state index contributed by atoms with van der Waals surface area (Å²) in [6, 6.07) is 0. The third kappa shape index (κ3) is 9.39. The normalized spacial score (nSPS) is 9.91. The van der Waals surface area contributed by atoms with E-state index in [9.17, 15) is 4.79 Å². The highest BCUT2D eigenvalue weighted by Crippen LogP contribution is 1.85. The summed E-state index contributed by atoms with van der Waals surface area (Å²) in [7, 11) is 0. The fourth-order valence-electron chi connectivity index (χ4n) is 0.717. The zero-order valence-electron chi connectivity index (χ0n) is 6.68. The first-order valence-electron chi connectivity index (χ1n) is 3.90. The number of nitrogens with one attached hydrogen (secondary N) is 1. The molecule has 0 aromatic carbocycles. The largest absolute Gasteiger partial charge is 0.481 e. The Morgan fingerprint density at radius 3 is 2.55 bits per heavy atom. The van der Waals surface area contributed by atoms with Gasteiger partial charge >= 0.3 is 5.97 Å². The Morgan fingerprint density at radius 1 is 1.36 bits per heavy atom. The van der Waals surface area contributed by atoms with E-state index in [1.54, 1.807) is 0 Å². The Balaban J connectivity index is 2.85. The Labute approximate surface area is 66.8 Å². The molecule has 0 saturated carbocycles. The molecule has 66 valence electrons. The molecule has 0 aliphatic rings. The average Bonchev–Trinajstić information content (AvgIpc) is 1.96. The molecule has 0 aliphatic carbocycles. The molecule has 0 aromatic rings. The monoisotopic (exact) mass is 160 g/mol. The SMILES string of the molecule is NCCCNCCCC(=O)O. The van der Waals surface area contributed by atoms with Gasteiger partial charge in [-0.05, 0) is 32.5 Å². The lowest BCUT2D eigenvalue weighted by atomic mass is 10.3. The van der Waals surface area contributed by atoms with Gasteiger partial charge in [0.1, 0.15) is 0 Å². The minimum atomic E-state index is -0.731. The van der Waals surface area contributed by atoms with Gasteiger partial charge in [-0.25, -0.2) is 0 Å². The van der Waals surface area contributed by atoms with E-state index >= 15 is 0 Å². The second-order valence-electron chi connectivity index (χ2n) is 2.39. The number of aliphatic carboxylic acids is 1. The maximum atomic E-state index is 10.0. The van der Waals surface area contributed by atoms with Gasteiger partial charge in [0.2, 0.25) is 0 Å². The zero-order valence-corrected chi connectivity index (χ0v) is 6.68. The van der Waals surface area contributed by atoms with E-state index in [0.29, 0.717) is 13.0 Å². The molecule has 0 aromatic heterocycles. The van der Waals surface area contributed by atoms with Gasteiger partial charge in [-0.3, -0.25) is 4.79 Å². The lowest BCUT2D eigenvalue weighted by Crippen LogP contribution is -2.19. The number of carbonyl (C=O) groups is 1. The van der Waals surface area contributed by atoms with Crippen LogP contribution in [-0.2, 0) is 4.79 Å². The molecule has 4 nitrogen and oxygen atoms in total. The van der Waals surface area contributed by atoms with E-state index < -0.39 is 5.97 Å². The van der Waals surface area contributed by atoms with Gasteiger partial charge < -0.3 is 16.2 Å².